The van der Waals surface area contributed by atoms with E-state index in [1.807, 2.05) is 66.7 Å². The number of hydrogen-bond donors (Lipinski definition) is 3. The first-order valence-corrected chi connectivity index (χ1v) is 8.95. The maximum absolute atomic E-state index is 10.8. The first-order valence-electron chi connectivity index (χ1n) is 8.95. The maximum Gasteiger partial charge on any atom is 0.307 e. The molecule has 0 saturated heterocycles. The highest BCUT2D eigenvalue weighted by atomic mass is 16.4. The smallest absolute Gasteiger partial charge is 0.307 e. The quantitative estimate of drug-likeness (QED) is 0.569. The summed E-state index contributed by atoms with van der Waals surface area (Å²) in [5.41, 5.74) is 4.92. The van der Waals surface area contributed by atoms with E-state index in [1.54, 1.807) is 6.07 Å². The van der Waals surface area contributed by atoms with E-state index in [0.717, 1.165) is 22.3 Å². The van der Waals surface area contributed by atoms with Gasteiger partial charge in [0.1, 0.15) is 5.75 Å². The van der Waals surface area contributed by atoms with Crippen molar-refractivity contribution in [2.45, 2.75) is 25.9 Å². The van der Waals surface area contributed by atoms with Crippen molar-refractivity contribution in [2.75, 3.05) is 0 Å². The average molecular weight is 361 g/mol. The number of phenolic OH excluding ortho intramolecular Hbond substituents is 1. The topological polar surface area (TPSA) is 69.6 Å². The van der Waals surface area contributed by atoms with Gasteiger partial charge in [0, 0.05) is 19.5 Å². The summed E-state index contributed by atoms with van der Waals surface area (Å²) >= 11 is 0. The third-order valence-electron chi connectivity index (χ3n) is 4.39. The number of rotatable bonds is 8. The second kappa shape index (κ2) is 9.01. The minimum absolute atomic E-state index is 0.0323. The van der Waals surface area contributed by atoms with Crippen LogP contribution in [0.25, 0.3) is 0 Å². The van der Waals surface area contributed by atoms with E-state index in [2.05, 4.69) is 5.32 Å². The molecule has 3 N–H and O–H groups in total. The van der Waals surface area contributed by atoms with Crippen LogP contribution in [0.3, 0.4) is 0 Å². The Hall–Kier alpha value is -3.11. The van der Waals surface area contributed by atoms with Crippen LogP contribution in [0.5, 0.6) is 5.75 Å². The van der Waals surface area contributed by atoms with Crippen LogP contribution in [0.4, 0.5) is 0 Å². The summed E-state index contributed by atoms with van der Waals surface area (Å²) in [5, 5.41) is 22.5. The summed E-state index contributed by atoms with van der Waals surface area (Å²) < 4.78 is 0. The molecule has 0 saturated carbocycles. The minimum Gasteiger partial charge on any atom is -0.508 e. The molecule has 0 unspecified atom stereocenters. The molecule has 0 radical (unpaired) electrons. The number of benzene rings is 3. The van der Waals surface area contributed by atoms with Crippen molar-refractivity contribution in [2.24, 2.45) is 0 Å². The Balaban J connectivity index is 1.56. The molecule has 0 amide bonds. The van der Waals surface area contributed by atoms with Gasteiger partial charge in [-0.15, -0.1) is 0 Å². The molecule has 4 heteroatoms. The Morgan fingerprint density at radius 2 is 1.44 bits per heavy atom. The lowest BCUT2D eigenvalue weighted by molar-refractivity contribution is -0.136. The molecule has 3 rings (SSSR count). The normalized spacial score (nSPS) is 10.7. The largest absolute Gasteiger partial charge is 0.508 e. The Morgan fingerprint density at radius 1 is 0.778 bits per heavy atom. The predicted octanol–water partition coefficient (Wildman–Crippen LogP) is 3.90. The minimum atomic E-state index is -0.828. The van der Waals surface area contributed by atoms with Gasteiger partial charge < -0.3 is 15.5 Å². The van der Waals surface area contributed by atoms with Gasteiger partial charge in [0.05, 0.1) is 6.42 Å². The standard InChI is InChI=1S/C23H23NO3/c25-22-13-20(9-10-21(22)12-17-5-2-1-3-6-17)16-24-15-19-8-4-7-18(11-19)14-23(26)27/h1-11,13,24-25H,12,14-16H2,(H,26,27). The third-order valence-corrected chi connectivity index (χ3v) is 4.39. The van der Waals surface area contributed by atoms with Gasteiger partial charge >= 0.3 is 5.97 Å². The Labute approximate surface area is 159 Å². The summed E-state index contributed by atoms with van der Waals surface area (Å²) in [4.78, 5) is 10.8. The zero-order valence-corrected chi connectivity index (χ0v) is 15.1. The zero-order valence-electron chi connectivity index (χ0n) is 15.1. The number of carbonyl (C=O) groups is 1. The zero-order chi connectivity index (χ0) is 19.1. The van der Waals surface area contributed by atoms with Crippen molar-refractivity contribution in [3.05, 3.63) is 101 Å². The van der Waals surface area contributed by atoms with E-state index >= 15 is 0 Å². The number of phenols is 1. The molecular formula is C23H23NO3. The maximum atomic E-state index is 10.8. The molecule has 3 aromatic carbocycles. The molecule has 3 aromatic rings. The van der Waals surface area contributed by atoms with Crippen molar-refractivity contribution in [1.29, 1.82) is 0 Å². The summed E-state index contributed by atoms with van der Waals surface area (Å²) in [5.74, 6) is -0.521. The molecule has 0 heterocycles. The van der Waals surface area contributed by atoms with Crippen LogP contribution in [-0.2, 0) is 30.7 Å². The second-order valence-electron chi connectivity index (χ2n) is 6.62. The van der Waals surface area contributed by atoms with Gasteiger partial charge in [0.2, 0.25) is 0 Å². The number of carboxylic acids is 1. The van der Waals surface area contributed by atoms with E-state index in [-0.39, 0.29) is 6.42 Å². The van der Waals surface area contributed by atoms with Crippen molar-refractivity contribution in [3.8, 4) is 5.75 Å². The highest BCUT2D eigenvalue weighted by molar-refractivity contribution is 5.70. The molecule has 0 aromatic heterocycles. The van der Waals surface area contributed by atoms with Crippen LogP contribution < -0.4 is 5.32 Å². The summed E-state index contributed by atoms with van der Waals surface area (Å²) in [6.07, 6.45) is 0.737. The Morgan fingerprint density at radius 3 is 2.15 bits per heavy atom. The molecule has 0 aliphatic carbocycles. The molecule has 4 nitrogen and oxygen atoms in total. The number of nitrogens with one attached hydrogen (secondary N) is 1. The molecule has 0 aliphatic heterocycles. The molecule has 0 spiro atoms. The molecule has 0 aliphatic rings. The number of carboxylic acid groups (broad SMARTS) is 1. The predicted molar refractivity (Wildman–Crippen MR) is 106 cm³/mol. The highest BCUT2D eigenvalue weighted by Crippen LogP contribution is 2.22. The average Bonchev–Trinajstić information content (AvgIpc) is 2.65. The Kier molecular flexibility index (Phi) is 6.23. The van der Waals surface area contributed by atoms with Gasteiger partial charge in [-0.3, -0.25) is 4.79 Å². The molecule has 0 bridgehead atoms. The fourth-order valence-electron chi connectivity index (χ4n) is 3.06. The van der Waals surface area contributed by atoms with Crippen LogP contribution in [0.15, 0.2) is 72.8 Å². The van der Waals surface area contributed by atoms with Crippen molar-refractivity contribution >= 4 is 5.97 Å². The lowest BCUT2D eigenvalue weighted by Gasteiger charge is -2.10. The molecule has 0 atom stereocenters. The van der Waals surface area contributed by atoms with E-state index in [9.17, 15) is 9.90 Å². The Bertz CT molecular complexity index is 907. The van der Waals surface area contributed by atoms with Crippen LogP contribution in [0, 0.1) is 0 Å². The fraction of sp³-hybridized carbons (Fsp3) is 0.174. The summed E-state index contributed by atoms with van der Waals surface area (Å²) in [7, 11) is 0. The van der Waals surface area contributed by atoms with E-state index in [0.29, 0.717) is 25.3 Å². The van der Waals surface area contributed by atoms with Gasteiger partial charge in [-0.05, 0) is 33.9 Å². The summed E-state index contributed by atoms with van der Waals surface area (Å²) in [6.45, 7) is 1.27. The molecular weight excluding hydrogens is 338 g/mol. The second-order valence-corrected chi connectivity index (χ2v) is 6.62. The lowest BCUT2D eigenvalue weighted by atomic mass is 10.0. The monoisotopic (exact) mass is 361 g/mol. The first kappa shape index (κ1) is 18.7. The van der Waals surface area contributed by atoms with Gasteiger partial charge in [-0.25, -0.2) is 0 Å². The van der Waals surface area contributed by atoms with Gasteiger partial charge in [0.15, 0.2) is 0 Å². The first-order chi connectivity index (χ1) is 13.1. The van der Waals surface area contributed by atoms with Crippen molar-refractivity contribution in [1.82, 2.24) is 5.32 Å². The van der Waals surface area contributed by atoms with Crippen LogP contribution in [0.2, 0.25) is 0 Å². The van der Waals surface area contributed by atoms with Crippen molar-refractivity contribution < 1.29 is 15.0 Å². The number of aromatic hydroxyl groups is 1. The van der Waals surface area contributed by atoms with Gasteiger partial charge in [0.25, 0.3) is 0 Å². The third kappa shape index (κ3) is 5.69. The van der Waals surface area contributed by atoms with Gasteiger partial charge in [-0.1, -0.05) is 66.7 Å². The highest BCUT2D eigenvalue weighted by Gasteiger charge is 2.05. The van der Waals surface area contributed by atoms with E-state index < -0.39 is 5.97 Å². The van der Waals surface area contributed by atoms with E-state index in [4.69, 9.17) is 5.11 Å². The summed E-state index contributed by atoms with van der Waals surface area (Å²) in [6, 6.07) is 23.4. The van der Waals surface area contributed by atoms with Crippen LogP contribution >= 0.6 is 0 Å². The molecule has 27 heavy (non-hydrogen) atoms. The molecule has 138 valence electrons. The van der Waals surface area contributed by atoms with E-state index in [1.165, 1.54) is 5.56 Å². The SMILES string of the molecule is O=C(O)Cc1cccc(CNCc2ccc(Cc3ccccc3)c(O)c2)c1. The van der Waals surface area contributed by atoms with Gasteiger partial charge in [-0.2, -0.15) is 0 Å². The lowest BCUT2D eigenvalue weighted by Crippen LogP contribution is -2.13. The fourth-order valence-corrected chi connectivity index (χ4v) is 3.06. The van der Waals surface area contributed by atoms with Crippen molar-refractivity contribution in [3.63, 3.8) is 0 Å². The number of aliphatic carboxylic acids is 1. The number of hydrogen-bond acceptors (Lipinski definition) is 3. The van der Waals surface area contributed by atoms with Crippen LogP contribution in [0.1, 0.15) is 27.8 Å². The van der Waals surface area contributed by atoms with Crippen LogP contribution in [-0.4, -0.2) is 16.2 Å². The molecule has 0 fully saturated rings.